The highest BCUT2D eigenvalue weighted by Gasteiger charge is 2.41. The molecule has 0 aromatic heterocycles. The highest BCUT2D eigenvalue weighted by Crippen LogP contribution is 2.44. The summed E-state index contributed by atoms with van der Waals surface area (Å²) in [7, 11) is 1.89. The summed E-state index contributed by atoms with van der Waals surface area (Å²) in [6, 6.07) is 0. The molecule has 0 fully saturated rings. The van der Waals surface area contributed by atoms with Crippen LogP contribution in [-0.4, -0.2) is 28.5 Å². The lowest BCUT2D eigenvalue weighted by atomic mass is 10.0. The van der Waals surface area contributed by atoms with Crippen LogP contribution in [0.1, 0.15) is 20.3 Å². The van der Waals surface area contributed by atoms with Gasteiger partial charge in [0.15, 0.2) is 0 Å². The van der Waals surface area contributed by atoms with Crippen LogP contribution in [0.3, 0.4) is 0 Å². The van der Waals surface area contributed by atoms with Gasteiger partial charge in [-0.15, -0.1) is 11.8 Å². The van der Waals surface area contributed by atoms with Gasteiger partial charge >= 0.3 is 0 Å². The molecule has 0 aliphatic carbocycles. The second-order valence-corrected chi connectivity index (χ2v) is 5.39. The maximum absolute atomic E-state index is 11.4. The van der Waals surface area contributed by atoms with E-state index in [1.165, 1.54) is 11.1 Å². The van der Waals surface area contributed by atoms with Crippen LogP contribution >= 0.6 is 11.8 Å². The second kappa shape index (κ2) is 3.16. The largest absolute Gasteiger partial charge is 0.324 e. The van der Waals surface area contributed by atoms with Crippen LogP contribution in [0.5, 0.6) is 0 Å². The second-order valence-electron chi connectivity index (χ2n) is 4.10. The molecule has 1 spiro atoms. The monoisotopic (exact) mass is 209 g/mol. The third-order valence-electron chi connectivity index (χ3n) is 3.17. The minimum Gasteiger partial charge on any atom is -0.324 e. The fraction of sp³-hybridized carbons (Fsp3) is 0.545. The average molecular weight is 209 g/mol. The highest BCUT2D eigenvalue weighted by atomic mass is 32.2. The average Bonchev–Trinajstić information content (AvgIpc) is 2.42. The maximum Gasteiger partial charge on any atom is 0.247 e. The van der Waals surface area contributed by atoms with Gasteiger partial charge in [0.25, 0.3) is 0 Å². The predicted octanol–water partition coefficient (Wildman–Crippen LogP) is 2.18. The first kappa shape index (κ1) is 9.84. The number of hydrogen-bond donors (Lipinski definition) is 0. The van der Waals surface area contributed by atoms with Gasteiger partial charge in [-0.1, -0.05) is 11.1 Å². The van der Waals surface area contributed by atoms with Gasteiger partial charge in [0, 0.05) is 25.3 Å². The smallest absolute Gasteiger partial charge is 0.247 e. The number of hydrogen-bond acceptors (Lipinski definition) is 2. The molecule has 2 heterocycles. The first-order valence-electron chi connectivity index (χ1n) is 4.81. The molecule has 14 heavy (non-hydrogen) atoms. The summed E-state index contributed by atoms with van der Waals surface area (Å²) in [6.07, 6.45) is 4.72. The highest BCUT2D eigenvalue weighted by molar-refractivity contribution is 8.01. The number of rotatable bonds is 0. The van der Waals surface area contributed by atoms with Crippen LogP contribution in [0, 0.1) is 0 Å². The minimum absolute atomic E-state index is 0.0827. The summed E-state index contributed by atoms with van der Waals surface area (Å²) in [4.78, 5) is 13.2. The van der Waals surface area contributed by atoms with E-state index in [0.29, 0.717) is 0 Å². The summed E-state index contributed by atoms with van der Waals surface area (Å²) in [5, 5.41) is 0. The summed E-state index contributed by atoms with van der Waals surface area (Å²) in [6.45, 7) is 4.34. The molecule has 1 unspecified atom stereocenters. The Morgan fingerprint density at radius 2 is 2.14 bits per heavy atom. The lowest BCUT2D eigenvalue weighted by Crippen LogP contribution is -2.42. The fourth-order valence-electron chi connectivity index (χ4n) is 1.87. The number of thioether (sulfide) groups is 1. The normalized spacial score (nSPS) is 32.2. The first-order valence-corrected chi connectivity index (χ1v) is 5.80. The number of carbonyl (C=O) groups excluding carboxylic acids is 1. The SMILES string of the molecule is CC1=C(C)CC2(C=CC(=O)N2C)SC1. The Kier molecular flexibility index (Phi) is 2.22. The zero-order valence-electron chi connectivity index (χ0n) is 8.83. The quantitative estimate of drug-likeness (QED) is 0.570. The van der Waals surface area contributed by atoms with Crippen LogP contribution in [0.25, 0.3) is 0 Å². The van der Waals surface area contributed by atoms with E-state index in [-0.39, 0.29) is 10.8 Å². The van der Waals surface area contributed by atoms with Crippen molar-refractivity contribution in [1.29, 1.82) is 0 Å². The van der Waals surface area contributed by atoms with E-state index in [0.717, 1.165) is 12.2 Å². The van der Waals surface area contributed by atoms with Gasteiger partial charge in [-0.05, 0) is 19.9 Å². The molecular weight excluding hydrogens is 194 g/mol. The van der Waals surface area contributed by atoms with Crippen LogP contribution in [0.15, 0.2) is 23.3 Å². The predicted molar refractivity (Wildman–Crippen MR) is 60.1 cm³/mol. The van der Waals surface area contributed by atoms with Gasteiger partial charge in [-0.25, -0.2) is 0 Å². The van der Waals surface area contributed by atoms with E-state index in [2.05, 4.69) is 19.9 Å². The Labute approximate surface area is 89.0 Å². The molecule has 3 heteroatoms. The Morgan fingerprint density at radius 3 is 2.64 bits per heavy atom. The van der Waals surface area contributed by atoms with Crippen molar-refractivity contribution in [3.8, 4) is 0 Å². The molecule has 0 saturated heterocycles. The first-order chi connectivity index (χ1) is 6.55. The van der Waals surface area contributed by atoms with E-state index in [9.17, 15) is 4.79 Å². The topological polar surface area (TPSA) is 20.3 Å². The summed E-state index contributed by atoms with van der Waals surface area (Å²) >= 11 is 1.86. The Morgan fingerprint density at radius 1 is 1.43 bits per heavy atom. The molecule has 2 nitrogen and oxygen atoms in total. The van der Waals surface area contributed by atoms with E-state index in [1.54, 1.807) is 6.08 Å². The molecule has 0 radical (unpaired) electrons. The molecule has 0 N–H and O–H groups in total. The van der Waals surface area contributed by atoms with Crippen molar-refractivity contribution in [2.75, 3.05) is 12.8 Å². The molecule has 76 valence electrons. The van der Waals surface area contributed by atoms with Gasteiger partial charge < -0.3 is 4.90 Å². The Bertz CT molecular complexity index is 345. The standard InChI is InChI=1S/C11H15NOS/c1-8-6-11(14-7-9(8)2)5-4-10(13)12(11)3/h4-5H,6-7H2,1-3H3. The van der Waals surface area contributed by atoms with Gasteiger partial charge in [-0.2, -0.15) is 0 Å². The van der Waals surface area contributed by atoms with Crippen molar-refractivity contribution in [2.24, 2.45) is 0 Å². The zero-order chi connectivity index (χ0) is 10.3. The van der Waals surface area contributed by atoms with Crippen LogP contribution in [-0.2, 0) is 4.79 Å². The van der Waals surface area contributed by atoms with Crippen LogP contribution in [0.4, 0.5) is 0 Å². The molecule has 0 bridgehead atoms. The number of nitrogens with zero attached hydrogens (tertiary/aromatic N) is 1. The molecule has 2 rings (SSSR count). The van der Waals surface area contributed by atoms with Crippen molar-refractivity contribution in [2.45, 2.75) is 25.1 Å². The van der Waals surface area contributed by atoms with Gasteiger partial charge in [0.05, 0.1) is 0 Å². The zero-order valence-corrected chi connectivity index (χ0v) is 9.65. The maximum atomic E-state index is 11.4. The van der Waals surface area contributed by atoms with E-state index in [4.69, 9.17) is 0 Å². The molecule has 1 atom stereocenters. The number of likely N-dealkylation sites (N-methyl/N-ethyl adjacent to an activating group) is 1. The van der Waals surface area contributed by atoms with E-state index < -0.39 is 0 Å². The third kappa shape index (κ3) is 1.31. The summed E-state index contributed by atoms with van der Waals surface area (Å²) in [5.41, 5.74) is 2.89. The van der Waals surface area contributed by atoms with Crippen molar-refractivity contribution < 1.29 is 4.79 Å². The molecule has 2 aliphatic heterocycles. The molecule has 0 saturated carbocycles. The Hall–Kier alpha value is -0.700. The van der Waals surface area contributed by atoms with Crippen LogP contribution < -0.4 is 0 Å². The van der Waals surface area contributed by atoms with Crippen molar-refractivity contribution in [3.63, 3.8) is 0 Å². The van der Waals surface area contributed by atoms with E-state index >= 15 is 0 Å². The minimum atomic E-state index is -0.0827. The van der Waals surface area contributed by atoms with E-state index in [1.807, 2.05) is 23.7 Å². The lowest BCUT2D eigenvalue weighted by molar-refractivity contribution is -0.125. The van der Waals surface area contributed by atoms with Gasteiger partial charge in [-0.3, -0.25) is 4.79 Å². The van der Waals surface area contributed by atoms with Crippen molar-refractivity contribution in [1.82, 2.24) is 4.90 Å². The van der Waals surface area contributed by atoms with Crippen molar-refractivity contribution >= 4 is 17.7 Å². The van der Waals surface area contributed by atoms with Gasteiger partial charge in [0.1, 0.15) is 4.87 Å². The molecule has 1 amide bonds. The molecule has 0 aromatic carbocycles. The fourth-order valence-corrected chi connectivity index (χ4v) is 3.35. The van der Waals surface area contributed by atoms with Crippen molar-refractivity contribution in [3.05, 3.63) is 23.3 Å². The molecule has 2 aliphatic rings. The lowest BCUT2D eigenvalue weighted by Gasteiger charge is -2.38. The van der Waals surface area contributed by atoms with Gasteiger partial charge in [0.2, 0.25) is 5.91 Å². The summed E-state index contributed by atoms with van der Waals surface area (Å²) in [5.74, 6) is 1.17. The Balaban J connectivity index is 2.29. The number of amides is 1. The molecular formula is C11H15NOS. The summed E-state index contributed by atoms with van der Waals surface area (Å²) < 4.78 is 0. The van der Waals surface area contributed by atoms with Crippen LogP contribution in [0.2, 0.25) is 0 Å². The molecule has 0 aromatic rings. The number of carbonyl (C=O) groups is 1. The third-order valence-corrected chi connectivity index (χ3v) is 4.80.